The summed E-state index contributed by atoms with van der Waals surface area (Å²) in [5, 5.41) is 10.7. The van der Waals surface area contributed by atoms with Gasteiger partial charge in [-0.1, -0.05) is 48.9 Å². The number of allylic oxidation sites excluding steroid dienone is 1. The van der Waals surface area contributed by atoms with Crippen LogP contribution in [0.2, 0.25) is 0 Å². The third-order valence-corrected chi connectivity index (χ3v) is 7.06. The van der Waals surface area contributed by atoms with Gasteiger partial charge in [-0.3, -0.25) is 9.59 Å². The van der Waals surface area contributed by atoms with E-state index in [9.17, 15) is 14.7 Å². The molecule has 1 atom stereocenters. The van der Waals surface area contributed by atoms with Gasteiger partial charge in [0.05, 0.1) is 5.60 Å². The first-order valence-electron chi connectivity index (χ1n) is 11.5. The number of Topliss-reactive ketones (excluding diaryl/α,β-unsaturated/α-hetero) is 1. The maximum absolute atomic E-state index is 13.1. The highest BCUT2D eigenvalue weighted by Crippen LogP contribution is 2.39. The van der Waals surface area contributed by atoms with Crippen molar-refractivity contribution in [2.45, 2.75) is 89.1 Å². The molecule has 0 radical (unpaired) electrons. The second-order valence-corrected chi connectivity index (χ2v) is 9.70. The van der Waals surface area contributed by atoms with E-state index in [0.29, 0.717) is 32.4 Å². The van der Waals surface area contributed by atoms with Gasteiger partial charge >= 0.3 is 0 Å². The lowest BCUT2D eigenvalue weighted by molar-refractivity contribution is -0.131. The van der Waals surface area contributed by atoms with Crippen LogP contribution in [0.25, 0.3) is 0 Å². The first kappa shape index (κ1) is 22.7. The quantitative estimate of drug-likeness (QED) is 0.674. The Morgan fingerprint density at radius 1 is 1.10 bits per heavy atom. The monoisotopic (exact) mass is 411 g/mol. The summed E-state index contributed by atoms with van der Waals surface area (Å²) in [5.74, 6) is 0.208. The summed E-state index contributed by atoms with van der Waals surface area (Å²) in [4.78, 5) is 26.5. The number of amides is 1. The summed E-state index contributed by atoms with van der Waals surface area (Å²) >= 11 is 0. The number of carbonyl (C=O) groups is 2. The molecule has 164 valence electrons. The van der Waals surface area contributed by atoms with Gasteiger partial charge in [-0.2, -0.15) is 0 Å². The predicted molar refractivity (Wildman–Crippen MR) is 120 cm³/mol. The highest BCUT2D eigenvalue weighted by Gasteiger charge is 2.36. The van der Waals surface area contributed by atoms with Gasteiger partial charge < -0.3 is 10.0 Å². The van der Waals surface area contributed by atoms with Crippen LogP contribution in [0.1, 0.15) is 83.6 Å². The SMILES string of the molecule is CC(=O)CCN1CCC[C@@](C)(c2ccccc2)CC/C=C(\CC2(O)CCC2)CC1=O. The molecule has 0 bridgehead atoms. The molecule has 1 aliphatic heterocycles. The Balaban J connectivity index is 1.82. The van der Waals surface area contributed by atoms with Gasteiger partial charge in [0, 0.05) is 25.9 Å². The van der Waals surface area contributed by atoms with E-state index < -0.39 is 5.60 Å². The first-order chi connectivity index (χ1) is 14.3. The molecule has 30 heavy (non-hydrogen) atoms. The lowest BCUT2D eigenvalue weighted by Gasteiger charge is -2.37. The maximum Gasteiger partial charge on any atom is 0.226 e. The van der Waals surface area contributed by atoms with E-state index >= 15 is 0 Å². The van der Waals surface area contributed by atoms with Crippen molar-refractivity contribution in [1.82, 2.24) is 4.90 Å². The fraction of sp³-hybridized carbons (Fsp3) is 0.615. The zero-order valence-electron chi connectivity index (χ0n) is 18.7. The van der Waals surface area contributed by atoms with Crippen LogP contribution in [0.5, 0.6) is 0 Å². The molecule has 0 unspecified atom stereocenters. The number of rotatable bonds is 6. The minimum Gasteiger partial charge on any atom is -0.390 e. The Hall–Kier alpha value is -1.94. The highest BCUT2D eigenvalue weighted by atomic mass is 16.3. The summed E-state index contributed by atoms with van der Waals surface area (Å²) < 4.78 is 0. The molecular formula is C26H37NO3. The van der Waals surface area contributed by atoms with Crippen LogP contribution in [0.3, 0.4) is 0 Å². The number of hydrogen-bond donors (Lipinski definition) is 1. The van der Waals surface area contributed by atoms with Crippen molar-refractivity contribution in [1.29, 1.82) is 0 Å². The molecule has 4 heteroatoms. The number of benzene rings is 1. The van der Waals surface area contributed by atoms with Crippen molar-refractivity contribution in [3.8, 4) is 0 Å². The lowest BCUT2D eigenvalue weighted by Crippen LogP contribution is -2.38. The van der Waals surface area contributed by atoms with Crippen molar-refractivity contribution < 1.29 is 14.7 Å². The van der Waals surface area contributed by atoms with Crippen molar-refractivity contribution >= 4 is 11.7 Å². The van der Waals surface area contributed by atoms with Gasteiger partial charge in [0.1, 0.15) is 5.78 Å². The van der Waals surface area contributed by atoms with E-state index in [2.05, 4.69) is 43.3 Å². The molecule has 1 aromatic rings. The van der Waals surface area contributed by atoms with Crippen molar-refractivity contribution in [2.24, 2.45) is 0 Å². The maximum atomic E-state index is 13.1. The summed E-state index contributed by atoms with van der Waals surface area (Å²) in [7, 11) is 0. The third kappa shape index (κ3) is 6.04. The van der Waals surface area contributed by atoms with E-state index in [1.165, 1.54) is 5.56 Å². The van der Waals surface area contributed by atoms with Gasteiger partial charge in [-0.05, 0) is 69.3 Å². The predicted octanol–water partition coefficient (Wildman–Crippen LogP) is 4.95. The summed E-state index contributed by atoms with van der Waals surface area (Å²) in [6.45, 7) is 5.09. The largest absolute Gasteiger partial charge is 0.390 e. The fourth-order valence-electron chi connectivity index (χ4n) is 4.86. The number of carbonyl (C=O) groups excluding carboxylic acids is 2. The summed E-state index contributed by atoms with van der Waals surface area (Å²) in [5.41, 5.74) is 1.83. The first-order valence-corrected chi connectivity index (χ1v) is 11.5. The lowest BCUT2D eigenvalue weighted by atomic mass is 9.74. The molecule has 0 spiro atoms. The number of nitrogens with zero attached hydrogens (tertiary/aromatic N) is 1. The average molecular weight is 412 g/mol. The Morgan fingerprint density at radius 2 is 1.83 bits per heavy atom. The second kappa shape index (κ2) is 9.91. The van der Waals surface area contributed by atoms with Crippen LogP contribution in [0.15, 0.2) is 42.0 Å². The van der Waals surface area contributed by atoms with Gasteiger partial charge in [0.15, 0.2) is 0 Å². The van der Waals surface area contributed by atoms with Crippen LogP contribution in [-0.2, 0) is 15.0 Å². The van der Waals surface area contributed by atoms with Crippen molar-refractivity contribution in [2.75, 3.05) is 13.1 Å². The van der Waals surface area contributed by atoms with Gasteiger partial charge in [-0.25, -0.2) is 0 Å². The average Bonchev–Trinajstić information content (AvgIpc) is 2.71. The standard InChI is InChI=1S/C26H37NO3/c1-21(28)12-18-27-17-8-14-25(2,23-10-4-3-5-11-23)13-6-9-22(19-24(27)29)20-26(30)15-7-16-26/h3-5,9-11,30H,6-8,12-20H2,1-2H3/b22-9-/t25-/m0/s1. The minimum atomic E-state index is -0.626. The summed E-state index contributed by atoms with van der Waals surface area (Å²) in [6.07, 6.45) is 10.2. The molecule has 1 amide bonds. The van der Waals surface area contributed by atoms with Crippen molar-refractivity contribution in [3.05, 3.63) is 47.5 Å². The Morgan fingerprint density at radius 3 is 2.47 bits per heavy atom. The third-order valence-electron chi connectivity index (χ3n) is 7.06. The van der Waals surface area contributed by atoms with Crippen LogP contribution < -0.4 is 0 Å². The number of ketones is 1. The highest BCUT2D eigenvalue weighted by molar-refractivity contribution is 5.80. The van der Waals surface area contributed by atoms with Gasteiger partial charge in [0.25, 0.3) is 0 Å². The second-order valence-electron chi connectivity index (χ2n) is 9.70. The molecule has 0 saturated heterocycles. The molecule has 4 nitrogen and oxygen atoms in total. The Kier molecular flexibility index (Phi) is 7.51. The smallest absolute Gasteiger partial charge is 0.226 e. The molecule has 1 aliphatic carbocycles. The van der Waals surface area contributed by atoms with E-state index in [1.807, 2.05) is 4.90 Å². The zero-order chi connectivity index (χ0) is 21.6. The topological polar surface area (TPSA) is 57.6 Å². The Labute approximate surface area is 181 Å². The number of aliphatic hydroxyl groups is 1. The van der Waals surface area contributed by atoms with Crippen LogP contribution >= 0.6 is 0 Å². The number of hydrogen-bond acceptors (Lipinski definition) is 3. The molecule has 1 aromatic carbocycles. The van der Waals surface area contributed by atoms with Gasteiger partial charge in [0.2, 0.25) is 5.91 Å². The molecule has 1 fully saturated rings. The fourth-order valence-corrected chi connectivity index (χ4v) is 4.86. The molecule has 1 saturated carbocycles. The minimum absolute atomic E-state index is 0.0515. The Bertz CT molecular complexity index is 766. The molecular weight excluding hydrogens is 374 g/mol. The zero-order valence-corrected chi connectivity index (χ0v) is 18.7. The van der Waals surface area contributed by atoms with E-state index in [-0.39, 0.29) is 17.1 Å². The molecule has 0 aromatic heterocycles. The molecule has 1 heterocycles. The van der Waals surface area contributed by atoms with E-state index in [0.717, 1.165) is 50.5 Å². The van der Waals surface area contributed by atoms with E-state index in [1.54, 1.807) is 6.92 Å². The summed E-state index contributed by atoms with van der Waals surface area (Å²) in [6, 6.07) is 10.7. The van der Waals surface area contributed by atoms with Crippen molar-refractivity contribution in [3.63, 3.8) is 0 Å². The van der Waals surface area contributed by atoms with E-state index in [4.69, 9.17) is 0 Å². The normalized spacial score (nSPS) is 26.8. The van der Waals surface area contributed by atoms with Gasteiger partial charge in [-0.15, -0.1) is 0 Å². The van der Waals surface area contributed by atoms with Crippen LogP contribution in [0.4, 0.5) is 0 Å². The van der Waals surface area contributed by atoms with Crippen LogP contribution in [0, 0.1) is 0 Å². The molecule has 2 aliphatic rings. The van der Waals surface area contributed by atoms with Crippen LogP contribution in [-0.4, -0.2) is 40.4 Å². The molecule has 3 rings (SSSR count). The molecule has 1 N–H and O–H groups in total.